The predicted octanol–water partition coefficient (Wildman–Crippen LogP) is 8.60. The molecule has 2 aromatic carbocycles. The fourth-order valence-corrected chi connectivity index (χ4v) is 5.75. The third-order valence-electron chi connectivity index (χ3n) is 7.74. The molecule has 2 nitrogen and oxygen atoms in total. The van der Waals surface area contributed by atoms with Crippen molar-refractivity contribution < 1.29 is 22.6 Å². The quantitative estimate of drug-likeness (QED) is 0.348. The van der Waals surface area contributed by atoms with Crippen LogP contribution in [0, 0.1) is 23.4 Å². The molecule has 2 fully saturated rings. The lowest BCUT2D eigenvalue weighted by molar-refractivity contribution is 0.0118. The van der Waals surface area contributed by atoms with Crippen LogP contribution in [0.5, 0.6) is 5.75 Å². The number of halogens is 3. The zero-order valence-electron chi connectivity index (χ0n) is 20.9. The first-order chi connectivity index (χ1) is 17.0. The van der Waals surface area contributed by atoms with Crippen LogP contribution in [0.3, 0.4) is 0 Å². The summed E-state index contributed by atoms with van der Waals surface area (Å²) in [5, 5.41) is 0. The highest BCUT2D eigenvalue weighted by Gasteiger charge is 2.29. The van der Waals surface area contributed by atoms with E-state index in [0.717, 1.165) is 51.4 Å². The number of hydrogen-bond acceptors (Lipinski definition) is 2. The Morgan fingerprint density at radius 3 is 1.97 bits per heavy atom. The molecule has 2 aliphatic carbocycles. The topological polar surface area (TPSA) is 18.5 Å². The van der Waals surface area contributed by atoms with E-state index >= 15 is 8.78 Å². The van der Waals surface area contributed by atoms with Crippen molar-refractivity contribution >= 4 is 0 Å². The average molecular weight is 487 g/mol. The van der Waals surface area contributed by atoms with Gasteiger partial charge in [0.05, 0.1) is 19.3 Å². The first kappa shape index (κ1) is 25.8. The van der Waals surface area contributed by atoms with E-state index in [1.807, 2.05) is 26.0 Å². The molecule has 0 heterocycles. The lowest BCUT2D eigenvalue weighted by atomic mass is 9.77. The van der Waals surface area contributed by atoms with Gasteiger partial charge in [-0.15, -0.1) is 0 Å². The molecule has 35 heavy (non-hydrogen) atoms. The van der Waals surface area contributed by atoms with E-state index in [0.29, 0.717) is 35.0 Å². The van der Waals surface area contributed by atoms with E-state index in [2.05, 4.69) is 12.2 Å². The molecule has 2 aromatic rings. The van der Waals surface area contributed by atoms with Gasteiger partial charge in [0.25, 0.3) is 0 Å². The number of ether oxygens (including phenoxy) is 2. The van der Waals surface area contributed by atoms with Gasteiger partial charge in [0.2, 0.25) is 0 Å². The smallest absolute Gasteiger partial charge is 0.162 e. The molecule has 0 aliphatic heterocycles. The van der Waals surface area contributed by atoms with E-state index in [1.165, 1.54) is 6.07 Å². The molecule has 0 saturated heterocycles. The number of allylic oxidation sites excluding steroid dienone is 2. The maximum absolute atomic E-state index is 15.1. The monoisotopic (exact) mass is 486 g/mol. The fourth-order valence-electron chi connectivity index (χ4n) is 5.75. The third kappa shape index (κ3) is 6.30. The standard InChI is InChI=1S/C30H37F3O2/c1-3-5-20-6-8-21(9-7-20)26-16-17-27(30(33)29(26)32)22-10-13-24(14-11-22)35-19-23-12-15-25(34-4-2)18-28(23)31/h3,5,12,15-18,20-22,24H,4,6-11,13-14,19H2,1-2H3. The van der Waals surface area contributed by atoms with E-state index in [9.17, 15) is 4.39 Å². The van der Waals surface area contributed by atoms with E-state index in [-0.39, 0.29) is 30.4 Å². The Hall–Kier alpha value is -2.27. The fraction of sp³-hybridized carbons (Fsp3) is 0.533. The van der Waals surface area contributed by atoms with Gasteiger partial charge in [-0.3, -0.25) is 0 Å². The number of rotatable bonds is 8. The van der Waals surface area contributed by atoms with Crippen LogP contribution in [0.4, 0.5) is 13.2 Å². The zero-order valence-corrected chi connectivity index (χ0v) is 20.9. The van der Waals surface area contributed by atoms with Gasteiger partial charge in [0, 0.05) is 11.6 Å². The molecule has 0 bridgehead atoms. The molecule has 0 atom stereocenters. The average Bonchev–Trinajstić information content (AvgIpc) is 2.87. The summed E-state index contributed by atoms with van der Waals surface area (Å²) in [6.45, 7) is 4.57. The van der Waals surface area contributed by atoms with Gasteiger partial charge < -0.3 is 9.47 Å². The van der Waals surface area contributed by atoms with Gasteiger partial charge >= 0.3 is 0 Å². The summed E-state index contributed by atoms with van der Waals surface area (Å²) >= 11 is 0. The highest BCUT2D eigenvalue weighted by Crippen LogP contribution is 2.41. The summed E-state index contributed by atoms with van der Waals surface area (Å²) in [7, 11) is 0. The Morgan fingerprint density at radius 1 is 0.829 bits per heavy atom. The first-order valence-corrected chi connectivity index (χ1v) is 13.1. The molecular formula is C30H37F3O2. The van der Waals surface area contributed by atoms with Crippen LogP contribution >= 0.6 is 0 Å². The van der Waals surface area contributed by atoms with Crippen LogP contribution in [0.25, 0.3) is 0 Å². The zero-order chi connectivity index (χ0) is 24.8. The molecule has 2 saturated carbocycles. The number of hydrogen-bond donors (Lipinski definition) is 0. The molecule has 0 radical (unpaired) electrons. The normalized spacial score (nSPS) is 25.2. The molecular weight excluding hydrogens is 449 g/mol. The molecule has 0 spiro atoms. The molecule has 0 aromatic heterocycles. The van der Waals surface area contributed by atoms with Gasteiger partial charge in [-0.2, -0.15) is 0 Å². The molecule has 4 rings (SSSR count). The Morgan fingerprint density at radius 2 is 1.43 bits per heavy atom. The van der Waals surface area contributed by atoms with Crippen molar-refractivity contribution in [1.82, 2.24) is 0 Å². The van der Waals surface area contributed by atoms with Crippen molar-refractivity contribution in [3.8, 4) is 5.75 Å². The van der Waals surface area contributed by atoms with Crippen LogP contribution in [0.2, 0.25) is 0 Å². The second-order valence-electron chi connectivity index (χ2n) is 9.98. The van der Waals surface area contributed by atoms with Crippen molar-refractivity contribution in [3.63, 3.8) is 0 Å². The minimum absolute atomic E-state index is 0.00300. The van der Waals surface area contributed by atoms with E-state index in [4.69, 9.17) is 9.47 Å². The van der Waals surface area contributed by atoms with Crippen molar-refractivity contribution in [1.29, 1.82) is 0 Å². The first-order valence-electron chi connectivity index (χ1n) is 13.1. The highest BCUT2D eigenvalue weighted by atomic mass is 19.2. The maximum atomic E-state index is 15.1. The summed E-state index contributed by atoms with van der Waals surface area (Å²) in [5.41, 5.74) is 1.53. The third-order valence-corrected chi connectivity index (χ3v) is 7.74. The van der Waals surface area contributed by atoms with Gasteiger partial charge in [-0.25, -0.2) is 13.2 Å². The predicted molar refractivity (Wildman–Crippen MR) is 133 cm³/mol. The second-order valence-corrected chi connectivity index (χ2v) is 9.98. The molecule has 0 amide bonds. The highest BCUT2D eigenvalue weighted by molar-refractivity contribution is 5.32. The van der Waals surface area contributed by atoms with E-state index < -0.39 is 11.6 Å². The minimum atomic E-state index is -0.668. The van der Waals surface area contributed by atoms with Crippen LogP contribution in [0.15, 0.2) is 42.5 Å². The molecule has 0 N–H and O–H groups in total. The van der Waals surface area contributed by atoms with E-state index in [1.54, 1.807) is 12.1 Å². The van der Waals surface area contributed by atoms with Gasteiger partial charge in [-0.05, 0) is 100 Å². The van der Waals surface area contributed by atoms with Crippen molar-refractivity contribution in [2.75, 3.05) is 6.61 Å². The summed E-state index contributed by atoms with van der Waals surface area (Å²) in [4.78, 5) is 0. The second kappa shape index (κ2) is 12.1. The summed E-state index contributed by atoms with van der Waals surface area (Å²) in [6.07, 6.45) is 11.2. The maximum Gasteiger partial charge on any atom is 0.162 e. The molecule has 2 aliphatic rings. The van der Waals surface area contributed by atoms with Crippen molar-refractivity contribution in [2.24, 2.45) is 5.92 Å². The van der Waals surface area contributed by atoms with Crippen LogP contribution in [-0.4, -0.2) is 12.7 Å². The van der Waals surface area contributed by atoms with Gasteiger partial charge in [0.15, 0.2) is 11.6 Å². The Kier molecular flexibility index (Phi) is 8.94. The lowest BCUT2D eigenvalue weighted by Crippen LogP contribution is -2.22. The molecule has 5 heteroatoms. The summed E-state index contributed by atoms with van der Waals surface area (Å²) in [6, 6.07) is 8.46. The van der Waals surface area contributed by atoms with Gasteiger partial charge in [-0.1, -0.05) is 30.4 Å². The van der Waals surface area contributed by atoms with Gasteiger partial charge in [0.1, 0.15) is 11.6 Å². The van der Waals surface area contributed by atoms with Crippen LogP contribution < -0.4 is 4.74 Å². The molecule has 190 valence electrons. The largest absolute Gasteiger partial charge is 0.494 e. The SMILES string of the molecule is CC=CC1CCC(c2ccc(C3CCC(OCc4ccc(OCC)cc4F)CC3)c(F)c2F)CC1. The summed E-state index contributed by atoms with van der Waals surface area (Å²) in [5.74, 6) is -0.487. The minimum Gasteiger partial charge on any atom is -0.494 e. The summed E-state index contributed by atoms with van der Waals surface area (Å²) < 4.78 is 55.8. The van der Waals surface area contributed by atoms with Crippen LogP contribution in [0.1, 0.15) is 93.7 Å². The lowest BCUT2D eigenvalue weighted by Gasteiger charge is -2.30. The Labute approximate surface area is 207 Å². The van der Waals surface area contributed by atoms with Crippen LogP contribution in [-0.2, 0) is 11.3 Å². The Balaban J connectivity index is 1.31. The van der Waals surface area contributed by atoms with Crippen molar-refractivity contribution in [3.05, 3.63) is 76.6 Å². The van der Waals surface area contributed by atoms with Crippen molar-refractivity contribution in [2.45, 2.75) is 89.8 Å². The Bertz CT molecular complexity index is 1000. The number of benzene rings is 2. The molecule has 0 unspecified atom stereocenters.